The van der Waals surface area contributed by atoms with Crippen molar-refractivity contribution in [1.82, 2.24) is 0 Å². The van der Waals surface area contributed by atoms with Gasteiger partial charge >= 0.3 is 11.9 Å². The molecule has 1 N–H and O–H groups in total. The number of halogens is 1. The summed E-state index contributed by atoms with van der Waals surface area (Å²) in [6, 6.07) is 15.1. The SMILES string of the molecule is CCOC(=O)C1(C)C(=NNc2ccc(Cl)cc2)C(=O)C(=O)N1c1ccccc1. The van der Waals surface area contributed by atoms with Crippen LogP contribution in [0.4, 0.5) is 11.4 Å². The van der Waals surface area contributed by atoms with Crippen LogP contribution < -0.4 is 10.3 Å². The number of benzene rings is 2. The minimum atomic E-state index is -1.70. The van der Waals surface area contributed by atoms with E-state index in [1.807, 2.05) is 0 Å². The number of hydrogen-bond donors (Lipinski definition) is 1. The number of nitrogens with zero attached hydrogens (tertiary/aromatic N) is 2. The first kappa shape index (κ1) is 19.6. The summed E-state index contributed by atoms with van der Waals surface area (Å²) < 4.78 is 5.16. The Hall–Kier alpha value is -3.19. The first-order chi connectivity index (χ1) is 13.4. The summed E-state index contributed by atoms with van der Waals surface area (Å²) in [7, 11) is 0. The summed E-state index contributed by atoms with van der Waals surface area (Å²) in [6.45, 7) is 3.19. The van der Waals surface area contributed by atoms with Crippen LogP contribution >= 0.6 is 11.6 Å². The van der Waals surface area contributed by atoms with Crippen molar-refractivity contribution in [3.8, 4) is 0 Å². The maximum absolute atomic E-state index is 12.8. The molecule has 28 heavy (non-hydrogen) atoms. The highest BCUT2D eigenvalue weighted by molar-refractivity contribution is 6.75. The molecular formula is C20H18ClN3O4. The fourth-order valence-corrected chi connectivity index (χ4v) is 3.08. The molecule has 1 heterocycles. The number of nitrogens with one attached hydrogen (secondary N) is 1. The van der Waals surface area contributed by atoms with E-state index in [9.17, 15) is 14.4 Å². The van der Waals surface area contributed by atoms with Crippen molar-refractivity contribution in [2.24, 2.45) is 5.10 Å². The number of ketones is 1. The van der Waals surface area contributed by atoms with Crippen LogP contribution in [0.3, 0.4) is 0 Å². The number of esters is 1. The molecule has 2 aromatic carbocycles. The van der Waals surface area contributed by atoms with Crippen LogP contribution in [0.2, 0.25) is 5.02 Å². The number of hydrogen-bond acceptors (Lipinski definition) is 6. The summed E-state index contributed by atoms with van der Waals surface area (Å²) in [6.07, 6.45) is 0. The quantitative estimate of drug-likeness (QED) is 0.474. The van der Waals surface area contributed by atoms with Gasteiger partial charge in [0.2, 0.25) is 0 Å². The summed E-state index contributed by atoms with van der Waals surface area (Å²) in [5, 5.41) is 4.64. The molecule has 7 nitrogen and oxygen atoms in total. The smallest absolute Gasteiger partial charge is 0.338 e. The molecule has 0 bridgehead atoms. The van der Waals surface area contributed by atoms with E-state index in [0.29, 0.717) is 16.4 Å². The molecule has 1 unspecified atom stereocenters. The lowest BCUT2D eigenvalue weighted by Crippen LogP contribution is -2.55. The average molecular weight is 400 g/mol. The summed E-state index contributed by atoms with van der Waals surface area (Å²) in [5.74, 6) is -2.46. The Labute approximate surface area is 166 Å². The van der Waals surface area contributed by atoms with Crippen molar-refractivity contribution in [3.05, 3.63) is 59.6 Å². The third-order valence-corrected chi connectivity index (χ3v) is 4.60. The van der Waals surface area contributed by atoms with Gasteiger partial charge in [-0.25, -0.2) is 4.79 Å². The van der Waals surface area contributed by atoms with E-state index in [1.54, 1.807) is 61.5 Å². The zero-order valence-electron chi connectivity index (χ0n) is 15.3. The van der Waals surface area contributed by atoms with Crippen LogP contribution in [0, 0.1) is 0 Å². The number of rotatable bonds is 5. The molecule has 3 rings (SSSR count). The second-order valence-corrected chi connectivity index (χ2v) is 6.61. The maximum atomic E-state index is 12.8. The van der Waals surface area contributed by atoms with E-state index in [2.05, 4.69) is 10.5 Å². The Balaban J connectivity index is 2.07. The summed E-state index contributed by atoms with van der Waals surface area (Å²) in [4.78, 5) is 39.4. The Morgan fingerprint density at radius 1 is 1.14 bits per heavy atom. The number of carbonyl (C=O) groups is 3. The van der Waals surface area contributed by atoms with Crippen molar-refractivity contribution < 1.29 is 19.1 Å². The highest BCUT2D eigenvalue weighted by Gasteiger charge is 2.60. The van der Waals surface area contributed by atoms with Crippen molar-refractivity contribution in [2.45, 2.75) is 19.4 Å². The lowest BCUT2D eigenvalue weighted by molar-refractivity contribution is -0.147. The number of hydrazone groups is 1. The second-order valence-electron chi connectivity index (χ2n) is 6.18. The first-order valence-corrected chi connectivity index (χ1v) is 8.98. The molecule has 1 saturated heterocycles. The van der Waals surface area contributed by atoms with Crippen molar-refractivity contribution in [3.63, 3.8) is 0 Å². The zero-order valence-corrected chi connectivity index (χ0v) is 16.1. The number of carbonyl (C=O) groups excluding carboxylic acids is 3. The monoisotopic (exact) mass is 399 g/mol. The number of ether oxygens (including phenoxy) is 1. The van der Waals surface area contributed by atoms with Gasteiger partial charge in [0.1, 0.15) is 0 Å². The molecule has 144 valence electrons. The minimum absolute atomic E-state index is 0.0946. The van der Waals surface area contributed by atoms with Gasteiger partial charge < -0.3 is 4.74 Å². The molecule has 0 spiro atoms. The van der Waals surface area contributed by atoms with Gasteiger partial charge in [-0.15, -0.1) is 0 Å². The number of anilines is 2. The Bertz CT molecular complexity index is 944. The van der Waals surface area contributed by atoms with Crippen LogP contribution in [-0.4, -0.2) is 35.5 Å². The number of para-hydroxylation sites is 1. The van der Waals surface area contributed by atoms with Gasteiger partial charge in [0.15, 0.2) is 11.3 Å². The van der Waals surface area contributed by atoms with Crippen LogP contribution in [0.15, 0.2) is 59.7 Å². The predicted molar refractivity (Wildman–Crippen MR) is 106 cm³/mol. The molecule has 0 aromatic heterocycles. The molecule has 1 aliphatic rings. The highest BCUT2D eigenvalue weighted by Crippen LogP contribution is 2.33. The minimum Gasteiger partial charge on any atom is -0.464 e. The van der Waals surface area contributed by atoms with E-state index in [0.717, 1.165) is 4.90 Å². The van der Waals surface area contributed by atoms with Crippen molar-refractivity contribution >= 4 is 46.3 Å². The molecule has 2 aromatic rings. The van der Waals surface area contributed by atoms with E-state index < -0.39 is 23.2 Å². The third-order valence-electron chi connectivity index (χ3n) is 4.35. The normalized spacial score (nSPS) is 20.5. The fourth-order valence-electron chi connectivity index (χ4n) is 2.95. The number of amides is 1. The Kier molecular flexibility index (Phi) is 5.46. The highest BCUT2D eigenvalue weighted by atomic mass is 35.5. The standard InChI is InChI=1S/C20H18ClN3O4/c1-3-28-19(27)20(2)17(23-22-14-11-9-13(21)10-12-14)16(25)18(26)24(20)15-7-5-4-6-8-15/h4-12,22H,3H2,1-2H3. The van der Waals surface area contributed by atoms with E-state index in [1.165, 1.54) is 6.92 Å². The Morgan fingerprint density at radius 2 is 1.79 bits per heavy atom. The largest absolute Gasteiger partial charge is 0.464 e. The van der Waals surface area contributed by atoms with Gasteiger partial charge in [-0.2, -0.15) is 5.10 Å². The van der Waals surface area contributed by atoms with Crippen LogP contribution in [0.1, 0.15) is 13.8 Å². The van der Waals surface area contributed by atoms with Gasteiger partial charge in [0.05, 0.1) is 12.3 Å². The molecule has 1 amide bonds. The maximum Gasteiger partial charge on any atom is 0.338 e. The fraction of sp³-hybridized carbons (Fsp3) is 0.200. The molecule has 0 radical (unpaired) electrons. The Morgan fingerprint density at radius 3 is 2.39 bits per heavy atom. The molecule has 1 atom stereocenters. The van der Waals surface area contributed by atoms with E-state index >= 15 is 0 Å². The summed E-state index contributed by atoms with van der Waals surface area (Å²) >= 11 is 5.86. The van der Waals surface area contributed by atoms with Crippen LogP contribution in [0.25, 0.3) is 0 Å². The molecule has 8 heteroatoms. The molecule has 0 aliphatic carbocycles. The lowest BCUT2D eigenvalue weighted by atomic mass is 9.95. The van der Waals surface area contributed by atoms with Gasteiger partial charge in [0.25, 0.3) is 5.78 Å². The zero-order chi connectivity index (χ0) is 20.3. The lowest BCUT2D eigenvalue weighted by Gasteiger charge is -2.31. The van der Waals surface area contributed by atoms with Gasteiger partial charge in [-0.3, -0.25) is 19.9 Å². The molecule has 1 aliphatic heterocycles. The molecule has 1 fully saturated rings. The second kappa shape index (κ2) is 7.82. The summed E-state index contributed by atoms with van der Waals surface area (Å²) in [5.41, 5.74) is 1.71. The average Bonchev–Trinajstić information content (AvgIpc) is 2.89. The van der Waals surface area contributed by atoms with Crippen LogP contribution in [0.5, 0.6) is 0 Å². The molecule has 0 saturated carbocycles. The van der Waals surface area contributed by atoms with Gasteiger partial charge in [-0.1, -0.05) is 29.8 Å². The first-order valence-electron chi connectivity index (χ1n) is 8.60. The van der Waals surface area contributed by atoms with E-state index in [4.69, 9.17) is 16.3 Å². The van der Waals surface area contributed by atoms with E-state index in [-0.39, 0.29) is 12.3 Å². The van der Waals surface area contributed by atoms with Crippen LogP contribution in [-0.2, 0) is 19.1 Å². The number of Topliss-reactive ketones (excluding diaryl/α,β-unsaturated/α-hetero) is 1. The predicted octanol–water partition coefficient (Wildman–Crippen LogP) is 3.05. The van der Waals surface area contributed by atoms with Gasteiger partial charge in [0, 0.05) is 10.7 Å². The van der Waals surface area contributed by atoms with Gasteiger partial charge in [-0.05, 0) is 50.2 Å². The third kappa shape index (κ3) is 3.36. The topological polar surface area (TPSA) is 88.1 Å². The van der Waals surface area contributed by atoms with Crippen molar-refractivity contribution in [2.75, 3.05) is 16.9 Å². The molecular weight excluding hydrogens is 382 g/mol. The van der Waals surface area contributed by atoms with Crippen molar-refractivity contribution in [1.29, 1.82) is 0 Å².